The van der Waals surface area contributed by atoms with Gasteiger partial charge in [0.1, 0.15) is 12.2 Å². The zero-order valence-corrected chi connectivity index (χ0v) is 11.1. The number of amides is 1. The molecule has 0 aromatic heterocycles. The number of rotatable bonds is 5. The predicted octanol–water partition coefficient (Wildman–Crippen LogP) is 3.08. The van der Waals surface area contributed by atoms with Crippen LogP contribution in [0.2, 0.25) is 0 Å². The van der Waals surface area contributed by atoms with E-state index in [1.54, 1.807) is 0 Å². The van der Waals surface area contributed by atoms with Crippen LogP contribution in [0.1, 0.15) is 40.0 Å². The summed E-state index contributed by atoms with van der Waals surface area (Å²) in [6.45, 7) is 9.72. The van der Waals surface area contributed by atoms with Gasteiger partial charge in [-0.2, -0.15) is 0 Å². The number of carbonyl (C=O) groups excluding carboxylic acids is 1. The Morgan fingerprint density at radius 3 is 2.62 bits per heavy atom. The molecule has 0 saturated heterocycles. The van der Waals surface area contributed by atoms with Crippen LogP contribution in [-0.2, 0) is 8.98 Å². The lowest BCUT2D eigenvalue weighted by atomic mass is 10.3. The van der Waals surface area contributed by atoms with Crippen LogP contribution in [0, 0.1) is 11.8 Å². The van der Waals surface area contributed by atoms with Gasteiger partial charge in [-0.15, -0.1) is 6.58 Å². The molecule has 16 heavy (non-hydrogen) atoms. The molecule has 1 amide bonds. The molecule has 0 aliphatic heterocycles. The molecule has 2 aliphatic carbocycles. The fourth-order valence-corrected chi connectivity index (χ4v) is 1.92. The minimum Gasteiger partial charge on any atom is -0.290 e. The Labute approximate surface area is 102 Å². The summed E-state index contributed by atoms with van der Waals surface area (Å²) < 4.78 is 8.13. The van der Waals surface area contributed by atoms with Crippen molar-refractivity contribution in [3.8, 4) is 0 Å². The predicted molar refractivity (Wildman–Crippen MR) is 67.6 cm³/mol. The molecule has 0 radical (unpaired) electrons. The first-order chi connectivity index (χ1) is 7.64. The van der Waals surface area contributed by atoms with E-state index in [0.29, 0.717) is 5.92 Å². The fraction of sp³-hybridized carbons (Fsp3) is 0.750. The Morgan fingerprint density at radius 1 is 1.56 bits per heavy atom. The third kappa shape index (κ3) is 3.83. The third-order valence-electron chi connectivity index (χ3n) is 2.82. The first kappa shape index (κ1) is 13.6. The summed E-state index contributed by atoms with van der Waals surface area (Å²) >= 11 is 1.08. The van der Waals surface area contributed by atoms with Crippen molar-refractivity contribution in [2.45, 2.75) is 45.6 Å². The van der Waals surface area contributed by atoms with Crippen LogP contribution in [0.5, 0.6) is 0 Å². The Morgan fingerprint density at radius 2 is 2.19 bits per heavy atom. The summed E-state index contributed by atoms with van der Waals surface area (Å²) in [6.07, 6.45) is 4.97. The second-order valence-corrected chi connectivity index (χ2v) is 4.86. The van der Waals surface area contributed by atoms with E-state index in [-0.39, 0.29) is 17.4 Å². The molecule has 0 aromatic carbocycles. The highest BCUT2D eigenvalue weighted by molar-refractivity contribution is 7.93. The van der Waals surface area contributed by atoms with E-state index in [9.17, 15) is 4.79 Å². The second kappa shape index (κ2) is 5.73. The number of allylic oxidation sites excluding steroid dienone is 1. The highest BCUT2D eigenvalue weighted by atomic mass is 32.2. The summed E-state index contributed by atoms with van der Waals surface area (Å²) in [5.41, 5.74) is 0.0132. The van der Waals surface area contributed by atoms with Crippen LogP contribution >= 0.6 is 12.2 Å². The van der Waals surface area contributed by atoms with Crippen molar-refractivity contribution in [1.82, 2.24) is 4.72 Å². The van der Waals surface area contributed by atoms with Crippen LogP contribution < -0.4 is 4.72 Å². The molecule has 0 heterocycles. The minimum absolute atomic E-state index is 0.0132. The van der Waals surface area contributed by atoms with Gasteiger partial charge in [0.25, 0.3) is 0 Å². The molecule has 0 unspecified atom stereocenters. The molecule has 0 bridgehead atoms. The first-order valence-corrected chi connectivity index (χ1v) is 6.66. The molecule has 0 aromatic rings. The molecule has 3 nitrogen and oxygen atoms in total. The summed E-state index contributed by atoms with van der Waals surface area (Å²) in [6, 6.07) is 0. The van der Waals surface area contributed by atoms with Crippen molar-refractivity contribution in [2.75, 3.05) is 0 Å². The molecule has 92 valence electrons. The SMILES string of the molecule is C=C[C@@H]1C[C@@H]1C(=O)NSOC1(C)CC1.CC. The van der Waals surface area contributed by atoms with Gasteiger partial charge in [-0.05, 0) is 32.1 Å². The molecule has 2 saturated carbocycles. The molecule has 1 N–H and O–H groups in total. The van der Waals surface area contributed by atoms with Gasteiger partial charge in [-0.3, -0.25) is 13.7 Å². The summed E-state index contributed by atoms with van der Waals surface area (Å²) in [4.78, 5) is 11.4. The van der Waals surface area contributed by atoms with E-state index in [1.165, 1.54) is 0 Å². The van der Waals surface area contributed by atoms with Crippen molar-refractivity contribution >= 4 is 18.1 Å². The summed E-state index contributed by atoms with van der Waals surface area (Å²) in [5.74, 6) is 0.590. The molecule has 2 rings (SSSR count). The van der Waals surface area contributed by atoms with Crippen molar-refractivity contribution in [2.24, 2.45) is 11.8 Å². The molecular formula is C12H21NO2S. The average molecular weight is 243 g/mol. The maximum absolute atomic E-state index is 11.4. The smallest absolute Gasteiger partial charge is 0.235 e. The number of hydrogen-bond acceptors (Lipinski definition) is 3. The molecule has 0 spiro atoms. The maximum atomic E-state index is 11.4. The van der Waals surface area contributed by atoms with Crippen LogP contribution in [0.15, 0.2) is 12.7 Å². The van der Waals surface area contributed by atoms with Crippen molar-refractivity contribution < 1.29 is 8.98 Å². The third-order valence-corrected chi connectivity index (χ3v) is 3.59. The van der Waals surface area contributed by atoms with Crippen molar-refractivity contribution in [1.29, 1.82) is 0 Å². The monoisotopic (exact) mass is 243 g/mol. The van der Waals surface area contributed by atoms with Gasteiger partial charge >= 0.3 is 0 Å². The Bertz CT molecular complexity index is 264. The number of hydrogen-bond donors (Lipinski definition) is 1. The fourth-order valence-electron chi connectivity index (χ4n) is 1.27. The Hall–Kier alpha value is -0.480. The van der Waals surface area contributed by atoms with Crippen LogP contribution in [-0.4, -0.2) is 11.5 Å². The lowest BCUT2D eigenvalue weighted by molar-refractivity contribution is -0.120. The topological polar surface area (TPSA) is 38.3 Å². The Kier molecular flexibility index (Phi) is 4.87. The van der Waals surface area contributed by atoms with Gasteiger partial charge in [0.05, 0.1) is 5.60 Å². The number of nitrogens with one attached hydrogen (secondary N) is 1. The van der Waals surface area contributed by atoms with E-state index >= 15 is 0 Å². The van der Waals surface area contributed by atoms with Crippen LogP contribution in [0.4, 0.5) is 0 Å². The van der Waals surface area contributed by atoms with Gasteiger partial charge in [0, 0.05) is 5.92 Å². The largest absolute Gasteiger partial charge is 0.290 e. The first-order valence-electron chi connectivity index (χ1n) is 5.92. The lowest BCUT2D eigenvalue weighted by Gasteiger charge is -2.08. The van der Waals surface area contributed by atoms with Crippen molar-refractivity contribution in [3.63, 3.8) is 0 Å². The summed E-state index contributed by atoms with van der Waals surface area (Å²) in [5, 5.41) is 0. The van der Waals surface area contributed by atoms with Crippen LogP contribution in [0.25, 0.3) is 0 Å². The van der Waals surface area contributed by atoms with Gasteiger partial charge in [0.15, 0.2) is 0 Å². The average Bonchev–Trinajstić information content (AvgIpc) is 3.17. The minimum atomic E-state index is 0.0132. The molecule has 2 fully saturated rings. The number of carbonyl (C=O) groups is 1. The molecular weight excluding hydrogens is 222 g/mol. The maximum Gasteiger partial charge on any atom is 0.235 e. The van der Waals surface area contributed by atoms with E-state index in [2.05, 4.69) is 18.2 Å². The Balaban J connectivity index is 0.000000606. The summed E-state index contributed by atoms with van der Waals surface area (Å²) in [7, 11) is 0. The zero-order valence-electron chi connectivity index (χ0n) is 10.3. The van der Waals surface area contributed by atoms with Gasteiger partial charge in [-0.1, -0.05) is 19.9 Å². The van der Waals surface area contributed by atoms with E-state index in [0.717, 1.165) is 31.5 Å². The molecule has 2 atom stereocenters. The van der Waals surface area contributed by atoms with Gasteiger partial charge in [-0.25, -0.2) is 0 Å². The van der Waals surface area contributed by atoms with Crippen molar-refractivity contribution in [3.05, 3.63) is 12.7 Å². The standard InChI is InChI=1S/C10H15NO2S.C2H6/c1-3-7-6-8(7)9(12)11-14-13-10(2)4-5-10;1-2/h3,7-8H,1,4-6H2,2H3,(H,11,12);1-2H3/t7-,8+;/m1./s1. The highest BCUT2D eigenvalue weighted by Crippen LogP contribution is 2.42. The van der Waals surface area contributed by atoms with Gasteiger partial charge in [0.2, 0.25) is 5.91 Å². The highest BCUT2D eigenvalue weighted by Gasteiger charge is 2.42. The van der Waals surface area contributed by atoms with Crippen LogP contribution in [0.3, 0.4) is 0 Å². The van der Waals surface area contributed by atoms with E-state index in [1.807, 2.05) is 19.9 Å². The van der Waals surface area contributed by atoms with E-state index < -0.39 is 0 Å². The normalized spacial score (nSPS) is 28.4. The van der Waals surface area contributed by atoms with Gasteiger partial charge < -0.3 is 0 Å². The van der Waals surface area contributed by atoms with E-state index in [4.69, 9.17) is 4.18 Å². The lowest BCUT2D eigenvalue weighted by Crippen LogP contribution is -2.20. The molecule has 2 aliphatic rings. The zero-order chi connectivity index (χ0) is 12.2. The quantitative estimate of drug-likeness (QED) is 0.458. The second-order valence-electron chi connectivity index (χ2n) is 4.32. The molecule has 4 heteroatoms.